The number of ketones is 1. The number of hydrogen-bond donors (Lipinski definition) is 1. The van der Waals surface area contributed by atoms with E-state index in [4.69, 9.17) is 0 Å². The molecule has 0 atom stereocenters. The fraction of sp³-hybridized carbons (Fsp3) is 0. The van der Waals surface area contributed by atoms with Crippen molar-refractivity contribution in [1.29, 1.82) is 0 Å². The lowest BCUT2D eigenvalue weighted by Crippen LogP contribution is -2.12. The van der Waals surface area contributed by atoms with Gasteiger partial charge in [-0.3, -0.25) is 9.59 Å². The van der Waals surface area contributed by atoms with E-state index in [9.17, 15) is 9.59 Å². The van der Waals surface area contributed by atoms with Crippen molar-refractivity contribution in [2.24, 2.45) is 0 Å². The van der Waals surface area contributed by atoms with Crippen LogP contribution in [0.1, 0.15) is 10.4 Å². The van der Waals surface area contributed by atoms with E-state index in [1.165, 1.54) is 0 Å². The number of benzene rings is 1. The van der Waals surface area contributed by atoms with Gasteiger partial charge in [-0.25, -0.2) is 0 Å². The summed E-state index contributed by atoms with van der Waals surface area (Å²) >= 11 is 0. The normalized spacial score (nSPS) is 13.3. The van der Waals surface area contributed by atoms with E-state index in [2.05, 4.69) is 5.32 Å². The molecule has 0 bridgehead atoms. The van der Waals surface area contributed by atoms with E-state index in [0.29, 0.717) is 11.3 Å². The van der Waals surface area contributed by atoms with E-state index in [1.54, 1.807) is 24.3 Å². The van der Waals surface area contributed by atoms with Crippen LogP contribution < -0.4 is 5.32 Å². The Morgan fingerprint density at radius 3 is 2.42 bits per heavy atom. The molecule has 1 heterocycles. The van der Waals surface area contributed by atoms with Gasteiger partial charge in [0, 0.05) is 11.0 Å². The number of para-hydroxylation sites is 1. The molecular weight excluding hydrogens is 170 g/mol. The zero-order valence-corrected chi connectivity index (χ0v) is 7.13. The second-order valence-electron chi connectivity index (χ2n) is 2.33. The first-order chi connectivity index (χ1) is 5.29. The molecule has 0 fully saturated rings. The van der Waals surface area contributed by atoms with Gasteiger partial charge in [-0.05, 0) is 12.1 Å². The third kappa shape index (κ3) is 1.06. The van der Waals surface area contributed by atoms with E-state index < -0.39 is 11.7 Å². The third-order valence-corrected chi connectivity index (χ3v) is 1.63. The summed E-state index contributed by atoms with van der Waals surface area (Å²) in [6, 6.07) is 6.85. The maximum absolute atomic E-state index is 11.0. The highest BCUT2D eigenvalue weighted by molar-refractivity contribution is 6.51. The van der Waals surface area contributed by atoms with Crippen molar-refractivity contribution in [2.75, 3.05) is 5.32 Å². The molecule has 0 aliphatic carbocycles. The molecule has 0 saturated heterocycles. The van der Waals surface area contributed by atoms with E-state index in [-0.39, 0.29) is 11.0 Å². The Hall–Kier alpha value is -1.42. The first-order valence-electron chi connectivity index (χ1n) is 3.24. The lowest BCUT2D eigenvalue weighted by molar-refractivity contribution is -0.112. The summed E-state index contributed by atoms with van der Waals surface area (Å²) in [6.45, 7) is 0. The Labute approximate surface area is 73.8 Å². The van der Waals surface area contributed by atoms with Crippen molar-refractivity contribution in [1.82, 2.24) is 0 Å². The van der Waals surface area contributed by atoms with Gasteiger partial charge in [-0.1, -0.05) is 12.1 Å². The molecular formula is C8H5NO2Si. The van der Waals surface area contributed by atoms with Gasteiger partial charge < -0.3 is 5.32 Å². The fourth-order valence-corrected chi connectivity index (χ4v) is 1.09. The van der Waals surface area contributed by atoms with Crippen LogP contribution in [0.2, 0.25) is 0 Å². The number of carbonyl (C=O) groups is 2. The monoisotopic (exact) mass is 175 g/mol. The number of fused-ring (bicyclic) bond motifs is 1. The predicted molar refractivity (Wildman–Crippen MR) is 45.2 cm³/mol. The predicted octanol–water partition coefficient (Wildman–Crippen LogP) is 0.441. The number of rotatable bonds is 0. The Bertz CT molecular complexity index is 349. The molecule has 1 aliphatic rings. The van der Waals surface area contributed by atoms with Crippen molar-refractivity contribution >= 4 is 28.3 Å². The molecule has 1 amide bonds. The van der Waals surface area contributed by atoms with Crippen LogP contribution in [0.3, 0.4) is 0 Å². The molecule has 1 aromatic carbocycles. The molecule has 12 heavy (non-hydrogen) atoms. The van der Waals surface area contributed by atoms with Gasteiger partial charge in [-0.15, -0.1) is 0 Å². The van der Waals surface area contributed by atoms with Crippen molar-refractivity contribution < 1.29 is 9.59 Å². The lowest BCUT2D eigenvalue weighted by Gasteiger charge is -1.91. The Morgan fingerprint density at radius 2 is 1.75 bits per heavy atom. The number of hydrogen-bond acceptors (Lipinski definition) is 2. The molecule has 0 spiro atoms. The van der Waals surface area contributed by atoms with Crippen LogP contribution in [0.15, 0.2) is 24.3 Å². The topological polar surface area (TPSA) is 46.2 Å². The molecule has 1 N–H and O–H groups in total. The van der Waals surface area contributed by atoms with Crippen LogP contribution >= 0.6 is 0 Å². The number of nitrogens with one attached hydrogen (secondary N) is 1. The summed E-state index contributed by atoms with van der Waals surface area (Å²) in [7, 11) is 0. The second-order valence-corrected chi connectivity index (χ2v) is 2.33. The molecule has 0 aromatic heterocycles. The highest BCUT2D eigenvalue weighted by Gasteiger charge is 2.26. The van der Waals surface area contributed by atoms with Gasteiger partial charge in [0.1, 0.15) is 0 Å². The quantitative estimate of drug-likeness (QED) is 0.459. The van der Waals surface area contributed by atoms with Crippen LogP contribution in [-0.2, 0) is 4.79 Å². The zero-order valence-electron chi connectivity index (χ0n) is 6.13. The number of anilines is 1. The molecule has 4 heteroatoms. The standard InChI is InChI=1S/C8H5NO2.Si/c10-7-5-3-1-2-4-6(5)9-8(7)11;/h1-4H,(H,9,10,11);. The van der Waals surface area contributed by atoms with Gasteiger partial charge >= 0.3 is 0 Å². The fourth-order valence-electron chi connectivity index (χ4n) is 1.09. The number of carbonyl (C=O) groups excluding carboxylic acids is 2. The average Bonchev–Trinajstić information content (AvgIpc) is 2.30. The summed E-state index contributed by atoms with van der Waals surface area (Å²) < 4.78 is 0. The molecule has 1 aliphatic heterocycles. The Kier molecular flexibility index (Phi) is 2.10. The van der Waals surface area contributed by atoms with E-state index >= 15 is 0 Å². The van der Waals surface area contributed by atoms with Gasteiger partial charge in [-0.2, -0.15) is 0 Å². The van der Waals surface area contributed by atoms with Gasteiger partial charge in [0.05, 0.1) is 11.3 Å². The van der Waals surface area contributed by atoms with Crippen LogP contribution in [0.25, 0.3) is 0 Å². The largest absolute Gasteiger partial charge is 0.318 e. The minimum Gasteiger partial charge on any atom is -0.318 e. The maximum Gasteiger partial charge on any atom is 0.296 e. The summed E-state index contributed by atoms with van der Waals surface area (Å²) in [5.41, 5.74) is 1.08. The van der Waals surface area contributed by atoms with E-state index in [0.717, 1.165) is 0 Å². The molecule has 58 valence electrons. The highest BCUT2D eigenvalue weighted by atomic mass is 28.1. The lowest BCUT2D eigenvalue weighted by atomic mass is 10.1. The number of Topliss-reactive ketones (excluding diaryl/α,β-unsaturated/α-hetero) is 1. The van der Waals surface area contributed by atoms with Crippen molar-refractivity contribution in [3.63, 3.8) is 0 Å². The molecule has 0 unspecified atom stereocenters. The zero-order chi connectivity index (χ0) is 7.84. The first kappa shape index (κ1) is 8.67. The third-order valence-electron chi connectivity index (χ3n) is 1.63. The number of amides is 1. The van der Waals surface area contributed by atoms with Crippen LogP contribution in [-0.4, -0.2) is 22.7 Å². The minimum absolute atomic E-state index is 0. The molecule has 3 nitrogen and oxygen atoms in total. The molecule has 0 saturated carbocycles. The van der Waals surface area contributed by atoms with Crippen molar-refractivity contribution in [3.8, 4) is 0 Å². The van der Waals surface area contributed by atoms with Crippen LogP contribution in [0.4, 0.5) is 5.69 Å². The summed E-state index contributed by atoms with van der Waals surface area (Å²) in [4.78, 5) is 21.8. The summed E-state index contributed by atoms with van der Waals surface area (Å²) in [5.74, 6) is -0.980. The first-order valence-corrected chi connectivity index (χ1v) is 3.24. The Morgan fingerprint density at radius 1 is 1.08 bits per heavy atom. The van der Waals surface area contributed by atoms with Gasteiger partial charge in [0.15, 0.2) is 0 Å². The SMILES string of the molecule is O=C1Nc2ccccc2C1=O.[Si]. The highest BCUT2D eigenvalue weighted by Crippen LogP contribution is 2.21. The minimum atomic E-state index is -0.536. The van der Waals surface area contributed by atoms with Crippen molar-refractivity contribution in [3.05, 3.63) is 29.8 Å². The molecule has 2 rings (SSSR count). The maximum atomic E-state index is 11.0. The molecule has 1 aromatic rings. The van der Waals surface area contributed by atoms with Crippen LogP contribution in [0, 0.1) is 0 Å². The smallest absolute Gasteiger partial charge is 0.296 e. The summed E-state index contributed by atoms with van der Waals surface area (Å²) in [5, 5.41) is 2.46. The molecule has 4 radical (unpaired) electrons. The van der Waals surface area contributed by atoms with Gasteiger partial charge in [0.2, 0.25) is 0 Å². The Balaban J connectivity index is 0.000000720. The summed E-state index contributed by atoms with van der Waals surface area (Å²) in [6.07, 6.45) is 0. The van der Waals surface area contributed by atoms with Crippen LogP contribution in [0.5, 0.6) is 0 Å². The van der Waals surface area contributed by atoms with E-state index in [1.807, 2.05) is 0 Å². The average molecular weight is 175 g/mol. The van der Waals surface area contributed by atoms with Crippen molar-refractivity contribution in [2.45, 2.75) is 0 Å². The van der Waals surface area contributed by atoms with Gasteiger partial charge in [0.25, 0.3) is 11.7 Å². The second kappa shape index (κ2) is 2.90.